The number of benzene rings is 1. The van der Waals surface area contributed by atoms with Gasteiger partial charge in [0.25, 0.3) is 6.02 Å². The maximum atomic E-state index is 7.24. The third-order valence-corrected chi connectivity index (χ3v) is 1.96. The largest absolute Gasteiger partial charge is 0.455 e. The first-order valence-electron chi connectivity index (χ1n) is 5.54. The number of hydrogen-bond acceptors (Lipinski definition) is 3. The van der Waals surface area contributed by atoms with Crippen LogP contribution < -0.4 is 5.73 Å². The highest BCUT2D eigenvalue weighted by Gasteiger charge is 2.18. The molecule has 13 heavy (non-hydrogen) atoms. The monoisotopic (exact) mass is 179 g/mol. The number of nitrogens with zero attached hydrogens (tertiary/aromatic N) is 1. The number of aliphatic imine (C=N–C) groups is 1. The number of rotatable bonds is 1. The molecule has 3 heteroatoms. The Morgan fingerprint density at radius 2 is 2.31 bits per heavy atom. The number of amidine groups is 1. The van der Waals surface area contributed by atoms with Gasteiger partial charge in [0.05, 0.1) is 6.54 Å². The highest BCUT2D eigenvalue weighted by molar-refractivity contribution is 5.73. The zero-order valence-electron chi connectivity index (χ0n) is 10.0. The second kappa shape index (κ2) is 3.09. The fraction of sp³-hybridized carbons (Fsp3) is 0.300. The second-order valence-corrected chi connectivity index (χ2v) is 2.91. The van der Waals surface area contributed by atoms with Crippen molar-refractivity contribution < 1.29 is 8.85 Å². The lowest BCUT2D eigenvalue weighted by Gasteiger charge is -2.09. The van der Waals surface area contributed by atoms with Crippen molar-refractivity contribution in [3.05, 3.63) is 35.4 Å². The lowest BCUT2D eigenvalue weighted by atomic mass is 10.1. The van der Waals surface area contributed by atoms with Crippen LogP contribution in [0.4, 0.5) is 0 Å². The summed E-state index contributed by atoms with van der Waals surface area (Å²) < 4.78 is 27.0. The van der Waals surface area contributed by atoms with Crippen LogP contribution in [-0.2, 0) is 4.74 Å². The maximum Gasteiger partial charge on any atom is 0.282 e. The van der Waals surface area contributed by atoms with Gasteiger partial charge in [-0.15, -0.1) is 0 Å². The zero-order valence-corrected chi connectivity index (χ0v) is 7.03. The molecule has 1 aliphatic heterocycles. The molecule has 0 aliphatic carbocycles. The van der Waals surface area contributed by atoms with Crippen LogP contribution in [0.25, 0.3) is 0 Å². The fourth-order valence-corrected chi connectivity index (χ4v) is 1.26. The van der Waals surface area contributed by atoms with Gasteiger partial charge in [-0.1, -0.05) is 29.8 Å². The highest BCUT2D eigenvalue weighted by Crippen LogP contribution is 2.21. The van der Waals surface area contributed by atoms with E-state index in [4.69, 9.17) is 14.6 Å². The van der Waals surface area contributed by atoms with Crippen LogP contribution in [0.5, 0.6) is 0 Å². The molecule has 0 aromatic heterocycles. The smallest absolute Gasteiger partial charge is 0.282 e. The molecule has 1 atom stereocenters. The van der Waals surface area contributed by atoms with Gasteiger partial charge in [-0.25, -0.2) is 4.99 Å². The van der Waals surface area contributed by atoms with E-state index in [9.17, 15) is 0 Å². The molecule has 68 valence electrons. The number of hydrogen-bond donors (Lipinski definition) is 1. The molecule has 0 radical (unpaired) electrons. The van der Waals surface area contributed by atoms with Crippen LogP contribution in [0.2, 0.25) is 0 Å². The van der Waals surface area contributed by atoms with E-state index in [1.807, 2.05) is 0 Å². The lowest BCUT2D eigenvalue weighted by Crippen LogP contribution is -2.12. The molecule has 1 aliphatic rings. The van der Waals surface area contributed by atoms with E-state index in [1.54, 1.807) is 24.3 Å². The Hall–Kier alpha value is -1.51. The summed E-state index contributed by atoms with van der Waals surface area (Å²) in [4.78, 5) is 3.93. The fourth-order valence-electron chi connectivity index (χ4n) is 1.26. The van der Waals surface area contributed by atoms with Crippen LogP contribution in [0.15, 0.2) is 29.3 Å². The normalized spacial score (nSPS) is 25.4. The van der Waals surface area contributed by atoms with Crippen LogP contribution >= 0.6 is 0 Å². The van der Waals surface area contributed by atoms with E-state index in [2.05, 4.69) is 4.99 Å². The molecule has 0 saturated heterocycles. The van der Waals surface area contributed by atoms with Gasteiger partial charge < -0.3 is 10.5 Å². The summed E-state index contributed by atoms with van der Waals surface area (Å²) in [6.07, 6.45) is -0.189. The topological polar surface area (TPSA) is 47.6 Å². The van der Waals surface area contributed by atoms with Crippen molar-refractivity contribution in [3.8, 4) is 0 Å². The maximum absolute atomic E-state index is 7.24. The van der Waals surface area contributed by atoms with E-state index < -0.39 is 6.85 Å². The van der Waals surface area contributed by atoms with Crippen molar-refractivity contribution in [2.45, 2.75) is 13.0 Å². The summed E-state index contributed by atoms with van der Waals surface area (Å²) in [6.45, 7) is -1.58. The van der Waals surface area contributed by atoms with Gasteiger partial charge in [0.15, 0.2) is 0 Å². The van der Waals surface area contributed by atoms with Crippen LogP contribution in [0.1, 0.15) is 21.3 Å². The van der Waals surface area contributed by atoms with Crippen LogP contribution in [0.3, 0.4) is 0 Å². The third-order valence-electron chi connectivity index (χ3n) is 1.96. The molecule has 0 fully saturated rings. The Kier molecular flexibility index (Phi) is 1.25. The van der Waals surface area contributed by atoms with Gasteiger partial charge in [0.2, 0.25) is 0 Å². The van der Waals surface area contributed by atoms with E-state index >= 15 is 0 Å². The van der Waals surface area contributed by atoms with Crippen LogP contribution in [0, 0.1) is 6.85 Å². The third kappa shape index (κ3) is 1.64. The van der Waals surface area contributed by atoms with Crippen molar-refractivity contribution in [2.24, 2.45) is 10.7 Å². The summed E-state index contributed by atoms with van der Waals surface area (Å²) in [5.41, 5.74) is 6.61. The van der Waals surface area contributed by atoms with Crippen molar-refractivity contribution in [2.75, 3.05) is 6.54 Å². The molecule has 2 N–H and O–H groups in total. The Bertz CT molecular complexity index is 411. The quantitative estimate of drug-likeness (QED) is 0.708. The molecule has 1 unspecified atom stereocenters. The molecular formula is C10H12N2O. The Balaban J connectivity index is 2.15. The molecular weight excluding hydrogens is 164 g/mol. The lowest BCUT2D eigenvalue weighted by molar-refractivity contribution is 0.226. The molecule has 3 nitrogen and oxygen atoms in total. The van der Waals surface area contributed by atoms with E-state index in [0.717, 1.165) is 5.56 Å². The predicted octanol–water partition coefficient (Wildman–Crippen LogP) is 1.38. The first-order chi connectivity index (χ1) is 7.47. The molecule has 0 saturated carbocycles. The van der Waals surface area contributed by atoms with Crippen molar-refractivity contribution in [3.63, 3.8) is 0 Å². The van der Waals surface area contributed by atoms with Crippen molar-refractivity contribution in [1.29, 1.82) is 0 Å². The first kappa shape index (κ1) is 5.27. The number of aryl methyl sites for hydroxylation is 1. The van der Waals surface area contributed by atoms with Gasteiger partial charge in [0.1, 0.15) is 6.10 Å². The predicted molar refractivity (Wildman–Crippen MR) is 51.5 cm³/mol. The minimum Gasteiger partial charge on any atom is -0.455 e. The van der Waals surface area contributed by atoms with Gasteiger partial charge in [-0.3, -0.25) is 0 Å². The molecule has 0 spiro atoms. The Labute approximate surface area is 81.4 Å². The molecule has 2 rings (SSSR count). The summed E-state index contributed by atoms with van der Waals surface area (Å²) in [5, 5.41) is 0. The molecule has 0 amide bonds. The first-order valence-corrected chi connectivity index (χ1v) is 4.04. The zero-order chi connectivity index (χ0) is 11.8. The summed E-state index contributed by atoms with van der Waals surface area (Å²) in [7, 11) is 0. The molecule has 1 aromatic carbocycles. The van der Waals surface area contributed by atoms with E-state index in [1.165, 1.54) is 0 Å². The highest BCUT2D eigenvalue weighted by atomic mass is 16.5. The van der Waals surface area contributed by atoms with Gasteiger partial charge >= 0.3 is 0 Å². The molecule has 1 heterocycles. The summed E-state index contributed by atoms with van der Waals surface area (Å²) >= 11 is 0. The van der Waals surface area contributed by atoms with E-state index in [-0.39, 0.29) is 12.1 Å². The average molecular weight is 179 g/mol. The van der Waals surface area contributed by atoms with Crippen molar-refractivity contribution >= 4 is 6.02 Å². The van der Waals surface area contributed by atoms with Crippen molar-refractivity contribution in [1.82, 2.24) is 0 Å². The Morgan fingerprint density at radius 3 is 2.85 bits per heavy atom. The SMILES string of the molecule is [2H]C([2H])([2H])c1ccc(C2CN=C(N)O2)cc1. The summed E-state index contributed by atoms with van der Waals surface area (Å²) in [5.74, 6) is 0. The summed E-state index contributed by atoms with van der Waals surface area (Å²) in [6, 6.07) is 6.83. The van der Waals surface area contributed by atoms with Crippen LogP contribution in [-0.4, -0.2) is 12.6 Å². The van der Waals surface area contributed by atoms with Gasteiger partial charge in [0, 0.05) is 4.11 Å². The standard InChI is InChI=1S/C10H12N2O/c1-7-2-4-8(5-3-7)9-6-12-10(11)13-9/h2-5,9H,6H2,1H3,(H2,11,12)/i1D3. The Morgan fingerprint density at radius 1 is 1.54 bits per heavy atom. The molecule has 0 bridgehead atoms. The minimum atomic E-state index is -2.06. The minimum absolute atomic E-state index is 0.185. The molecule has 1 aromatic rings. The number of nitrogens with two attached hydrogens (primary N) is 1. The van der Waals surface area contributed by atoms with Gasteiger partial charge in [-0.2, -0.15) is 0 Å². The van der Waals surface area contributed by atoms with E-state index in [0.29, 0.717) is 12.1 Å². The second-order valence-electron chi connectivity index (χ2n) is 2.91. The number of ether oxygens (including phenoxy) is 1. The average Bonchev–Trinajstić information content (AvgIpc) is 2.64. The van der Waals surface area contributed by atoms with Gasteiger partial charge in [-0.05, 0) is 12.4 Å².